The number of nitrogens with zero attached hydrogens (tertiary/aromatic N) is 3. The molecular formula is C17H20FN5O4. The van der Waals surface area contributed by atoms with Gasteiger partial charge in [-0.15, -0.1) is 0 Å². The quantitative estimate of drug-likeness (QED) is 0.848. The smallest absolute Gasteiger partial charge is 0.409 e. The van der Waals surface area contributed by atoms with Crippen LogP contribution in [0.2, 0.25) is 0 Å². The monoisotopic (exact) mass is 377 g/mol. The fourth-order valence-corrected chi connectivity index (χ4v) is 2.78. The summed E-state index contributed by atoms with van der Waals surface area (Å²) in [6.45, 7) is 3.07. The summed E-state index contributed by atoms with van der Waals surface area (Å²) in [7, 11) is 1.36. The van der Waals surface area contributed by atoms with Gasteiger partial charge in [-0.1, -0.05) is 6.07 Å². The summed E-state index contributed by atoms with van der Waals surface area (Å²) >= 11 is 0. The first-order valence-electron chi connectivity index (χ1n) is 8.36. The van der Waals surface area contributed by atoms with E-state index in [1.807, 2.05) is 0 Å². The Kier molecular flexibility index (Phi) is 5.87. The molecule has 0 saturated carbocycles. The fourth-order valence-electron chi connectivity index (χ4n) is 2.78. The Hall–Kier alpha value is -3.14. The van der Waals surface area contributed by atoms with Crippen molar-refractivity contribution in [3.8, 4) is 0 Å². The number of rotatable bonds is 4. The van der Waals surface area contributed by atoms with E-state index in [0.29, 0.717) is 32.7 Å². The third kappa shape index (κ3) is 4.94. The van der Waals surface area contributed by atoms with Crippen LogP contribution in [0.15, 0.2) is 35.1 Å². The molecular weight excluding hydrogens is 357 g/mol. The minimum atomic E-state index is -0.653. The number of halogens is 1. The number of aromatic nitrogens is 1. The number of benzene rings is 1. The largest absolute Gasteiger partial charge is 0.453 e. The number of ether oxygens (including phenoxy) is 1. The average Bonchev–Trinajstić information content (AvgIpc) is 3.17. The Morgan fingerprint density at radius 2 is 2.04 bits per heavy atom. The van der Waals surface area contributed by atoms with Crippen molar-refractivity contribution < 1.29 is 23.1 Å². The summed E-state index contributed by atoms with van der Waals surface area (Å²) in [5.41, 5.74) is 0.902. The summed E-state index contributed by atoms with van der Waals surface area (Å²) in [6.07, 6.45) is 2.37. The van der Waals surface area contributed by atoms with E-state index in [-0.39, 0.29) is 17.8 Å². The van der Waals surface area contributed by atoms with Gasteiger partial charge in [0.15, 0.2) is 0 Å². The van der Waals surface area contributed by atoms with Crippen LogP contribution >= 0.6 is 0 Å². The van der Waals surface area contributed by atoms with Gasteiger partial charge in [0.25, 0.3) is 0 Å². The highest BCUT2D eigenvalue weighted by Gasteiger charge is 2.21. The predicted molar refractivity (Wildman–Crippen MR) is 94.8 cm³/mol. The van der Waals surface area contributed by atoms with Crippen LogP contribution in [0.3, 0.4) is 0 Å². The van der Waals surface area contributed by atoms with Crippen LogP contribution in [0.1, 0.15) is 5.56 Å². The van der Waals surface area contributed by atoms with E-state index in [2.05, 4.69) is 20.5 Å². The SMILES string of the molecule is COC(=O)N1CCN(Cc2ccc(F)c(NC(=O)Nc3ncco3)c2)CC1. The van der Waals surface area contributed by atoms with E-state index >= 15 is 0 Å². The molecule has 2 aromatic rings. The van der Waals surface area contributed by atoms with E-state index in [1.54, 1.807) is 17.0 Å². The van der Waals surface area contributed by atoms with Crippen LogP contribution in [0.25, 0.3) is 0 Å². The van der Waals surface area contributed by atoms with E-state index in [1.165, 1.54) is 25.6 Å². The first-order chi connectivity index (χ1) is 13.0. The second-order valence-electron chi connectivity index (χ2n) is 5.96. The molecule has 1 aromatic heterocycles. The molecule has 1 saturated heterocycles. The molecule has 10 heteroatoms. The van der Waals surface area contributed by atoms with Gasteiger partial charge >= 0.3 is 18.1 Å². The highest BCUT2D eigenvalue weighted by atomic mass is 19.1. The lowest BCUT2D eigenvalue weighted by atomic mass is 10.1. The summed E-state index contributed by atoms with van der Waals surface area (Å²) in [4.78, 5) is 31.0. The lowest BCUT2D eigenvalue weighted by molar-refractivity contribution is 0.0889. The number of hydrogen-bond donors (Lipinski definition) is 2. The summed E-state index contributed by atoms with van der Waals surface area (Å²) < 4.78 is 23.6. The first kappa shape index (κ1) is 18.6. The van der Waals surface area contributed by atoms with Crippen LogP contribution in [0.4, 0.5) is 25.7 Å². The van der Waals surface area contributed by atoms with Crippen LogP contribution in [0, 0.1) is 5.82 Å². The Morgan fingerprint density at radius 3 is 2.70 bits per heavy atom. The minimum absolute atomic E-state index is 0.0209. The number of anilines is 2. The number of methoxy groups -OCH3 is 1. The van der Waals surface area contributed by atoms with Crippen molar-refractivity contribution in [1.82, 2.24) is 14.8 Å². The number of carbonyl (C=O) groups excluding carboxylic acids is 2. The highest BCUT2D eigenvalue weighted by molar-refractivity contribution is 5.98. The molecule has 3 rings (SSSR count). The lowest BCUT2D eigenvalue weighted by Crippen LogP contribution is -2.48. The molecule has 2 N–H and O–H groups in total. The number of oxazole rings is 1. The third-order valence-corrected chi connectivity index (χ3v) is 4.14. The average molecular weight is 377 g/mol. The lowest BCUT2D eigenvalue weighted by Gasteiger charge is -2.33. The van der Waals surface area contributed by atoms with Gasteiger partial charge < -0.3 is 19.4 Å². The molecule has 1 aromatic carbocycles. The summed E-state index contributed by atoms with van der Waals surface area (Å²) in [5, 5.41) is 4.81. The molecule has 9 nitrogen and oxygen atoms in total. The molecule has 0 unspecified atom stereocenters. The van der Waals surface area contributed by atoms with E-state index in [0.717, 1.165) is 5.56 Å². The van der Waals surface area contributed by atoms with Crippen molar-refractivity contribution in [2.45, 2.75) is 6.54 Å². The van der Waals surface area contributed by atoms with E-state index < -0.39 is 11.8 Å². The molecule has 0 radical (unpaired) electrons. The standard InChI is InChI=1S/C17H20FN5O4/c1-26-17(25)23-7-5-22(6-8-23)11-12-2-3-13(18)14(10-12)20-15(24)21-16-19-4-9-27-16/h2-4,9-10H,5-8,11H2,1H3,(H2,19,20,21,24). The number of nitrogens with one attached hydrogen (secondary N) is 2. The van der Waals surface area contributed by atoms with Gasteiger partial charge in [0.2, 0.25) is 0 Å². The van der Waals surface area contributed by atoms with Gasteiger partial charge in [-0.25, -0.2) is 19.0 Å². The van der Waals surface area contributed by atoms with Gasteiger partial charge in [-0.05, 0) is 17.7 Å². The van der Waals surface area contributed by atoms with Crippen LogP contribution in [-0.4, -0.2) is 60.2 Å². The fraction of sp³-hybridized carbons (Fsp3) is 0.353. The second kappa shape index (κ2) is 8.49. The molecule has 0 atom stereocenters. The van der Waals surface area contributed by atoms with Crippen LogP contribution in [0.5, 0.6) is 0 Å². The van der Waals surface area contributed by atoms with E-state index in [9.17, 15) is 14.0 Å². The molecule has 0 bridgehead atoms. The third-order valence-electron chi connectivity index (χ3n) is 4.14. The number of hydrogen-bond acceptors (Lipinski definition) is 6. The Morgan fingerprint density at radius 1 is 1.26 bits per heavy atom. The number of urea groups is 1. The topological polar surface area (TPSA) is 99.9 Å². The molecule has 1 fully saturated rings. The minimum Gasteiger partial charge on any atom is -0.453 e. The van der Waals surface area contributed by atoms with Crippen molar-refractivity contribution in [1.29, 1.82) is 0 Å². The highest BCUT2D eigenvalue weighted by Crippen LogP contribution is 2.19. The van der Waals surface area contributed by atoms with Crippen LogP contribution < -0.4 is 10.6 Å². The first-order valence-corrected chi connectivity index (χ1v) is 8.36. The zero-order valence-electron chi connectivity index (χ0n) is 14.8. The molecule has 0 aliphatic carbocycles. The summed E-state index contributed by atoms with van der Waals surface area (Å²) in [6, 6.07) is 3.92. The van der Waals surface area contributed by atoms with E-state index in [4.69, 9.17) is 9.15 Å². The second-order valence-corrected chi connectivity index (χ2v) is 5.96. The normalized spacial score (nSPS) is 14.7. The molecule has 1 aliphatic rings. The molecule has 144 valence electrons. The maximum Gasteiger partial charge on any atom is 0.409 e. The van der Waals surface area contributed by atoms with Crippen molar-refractivity contribution in [2.24, 2.45) is 0 Å². The van der Waals surface area contributed by atoms with Crippen molar-refractivity contribution in [3.05, 3.63) is 42.0 Å². The molecule has 27 heavy (non-hydrogen) atoms. The molecule has 3 amide bonds. The van der Waals surface area contributed by atoms with Gasteiger partial charge in [-0.3, -0.25) is 10.2 Å². The van der Waals surface area contributed by atoms with Gasteiger partial charge in [-0.2, -0.15) is 0 Å². The van der Waals surface area contributed by atoms with Gasteiger partial charge in [0, 0.05) is 32.7 Å². The number of carbonyl (C=O) groups is 2. The Bertz CT molecular complexity index is 791. The molecule has 0 spiro atoms. The van der Waals surface area contributed by atoms with Gasteiger partial charge in [0.1, 0.15) is 12.1 Å². The Labute approximate surface area is 155 Å². The zero-order chi connectivity index (χ0) is 19.2. The zero-order valence-corrected chi connectivity index (χ0v) is 14.8. The maximum atomic E-state index is 14.0. The maximum absolute atomic E-state index is 14.0. The Balaban J connectivity index is 1.57. The number of amides is 3. The molecule has 2 heterocycles. The predicted octanol–water partition coefficient (Wildman–Crippen LogP) is 2.34. The van der Waals surface area contributed by atoms with Crippen molar-refractivity contribution >= 4 is 23.8 Å². The van der Waals surface area contributed by atoms with Crippen molar-refractivity contribution in [2.75, 3.05) is 43.9 Å². The van der Waals surface area contributed by atoms with Crippen LogP contribution in [-0.2, 0) is 11.3 Å². The molecule has 1 aliphatic heterocycles. The summed E-state index contributed by atoms with van der Waals surface area (Å²) in [5.74, 6) is -0.545. The van der Waals surface area contributed by atoms with Gasteiger partial charge in [0.05, 0.1) is 19.0 Å². The number of piperazine rings is 1. The van der Waals surface area contributed by atoms with Crippen molar-refractivity contribution in [3.63, 3.8) is 0 Å².